The van der Waals surface area contributed by atoms with Crippen molar-refractivity contribution in [2.75, 3.05) is 29.4 Å². The number of carbonyl (C=O) groups excluding carboxylic acids is 1. The molecular weight excluding hydrogens is 402 g/mol. The number of rotatable bonds is 5. The lowest BCUT2D eigenvalue weighted by Gasteiger charge is -2.52. The molecule has 5 heteroatoms. The Hall–Kier alpha value is -3.18. The SMILES string of the molecule is CCC1(c2ccccc2)CN(c2cccc3ccccc23)CCN1c1csc(C=O)n1. The van der Waals surface area contributed by atoms with Crippen LogP contribution in [0.25, 0.3) is 10.8 Å². The van der Waals surface area contributed by atoms with Gasteiger partial charge in [0.2, 0.25) is 0 Å². The van der Waals surface area contributed by atoms with Gasteiger partial charge in [0.25, 0.3) is 0 Å². The van der Waals surface area contributed by atoms with Gasteiger partial charge < -0.3 is 9.80 Å². The number of anilines is 2. The minimum absolute atomic E-state index is 0.231. The second kappa shape index (κ2) is 8.16. The number of piperazine rings is 1. The van der Waals surface area contributed by atoms with Crippen molar-refractivity contribution in [3.8, 4) is 0 Å². The van der Waals surface area contributed by atoms with Crippen molar-refractivity contribution in [2.45, 2.75) is 18.9 Å². The van der Waals surface area contributed by atoms with Gasteiger partial charge >= 0.3 is 0 Å². The number of hydrogen-bond acceptors (Lipinski definition) is 5. The van der Waals surface area contributed by atoms with Gasteiger partial charge in [0.15, 0.2) is 11.3 Å². The molecule has 0 spiro atoms. The van der Waals surface area contributed by atoms with Crippen LogP contribution >= 0.6 is 11.3 Å². The molecule has 3 aromatic carbocycles. The quantitative estimate of drug-likeness (QED) is 0.381. The van der Waals surface area contributed by atoms with Crippen molar-refractivity contribution in [3.05, 3.63) is 88.7 Å². The number of carbonyl (C=O) groups is 1. The third kappa shape index (κ3) is 3.39. The summed E-state index contributed by atoms with van der Waals surface area (Å²) in [5, 5.41) is 5.10. The van der Waals surface area contributed by atoms with Crippen LogP contribution in [-0.4, -0.2) is 30.9 Å². The van der Waals surface area contributed by atoms with Crippen molar-refractivity contribution < 1.29 is 4.79 Å². The Morgan fingerprint density at radius 3 is 2.55 bits per heavy atom. The van der Waals surface area contributed by atoms with Crippen molar-refractivity contribution in [2.24, 2.45) is 0 Å². The van der Waals surface area contributed by atoms with Gasteiger partial charge in [-0.2, -0.15) is 0 Å². The second-order valence-corrected chi connectivity index (χ2v) is 8.87. The van der Waals surface area contributed by atoms with Crippen LogP contribution < -0.4 is 9.80 Å². The Kier molecular flexibility index (Phi) is 5.20. The van der Waals surface area contributed by atoms with Crippen LogP contribution in [0.3, 0.4) is 0 Å². The molecule has 1 atom stereocenters. The Bertz CT molecular complexity index is 1200. The van der Waals surface area contributed by atoms with Gasteiger partial charge in [-0.25, -0.2) is 4.98 Å². The fourth-order valence-corrected chi connectivity index (χ4v) is 5.51. The molecule has 1 fully saturated rings. The van der Waals surface area contributed by atoms with Crippen LogP contribution in [0.4, 0.5) is 11.5 Å². The van der Waals surface area contributed by atoms with Crippen LogP contribution in [0.5, 0.6) is 0 Å². The standard InChI is InChI=1S/C26H25N3OS/c1-2-26(21-11-4-3-5-12-21)19-28(15-16-29(26)24-18-31-25(17-30)27-24)23-14-8-10-20-9-6-7-13-22(20)23/h3-14,17-18H,2,15-16,19H2,1H3. The van der Waals surface area contributed by atoms with Crippen LogP contribution in [0.15, 0.2) is 78.2 Å². The minimum atomic E-state index is -0.231. The molecule has 1 aliphatic heterocycles. The molecule has 0 saturated carbocycles. The van der Waals surface area contributed by atoms with E-state index in [1.54, 1.807) is 0 Å². The summed E-state index contributed by atoms with van der Waals surface area (Å²) >= 11 is 1.41. The molecule has 0 radical (unpaired) electrons. The number of aldehydes is 1. The Labute approximate surface area is 186 Å². The van der Waals surface area contributed by atoms with E-state index >= 15 is 0 Å². The highest BCUT2D eigenvalue weighted by molar-refractivity contribution is 7.11. The van der Waals surface area contributed by atoms with Gasteiger partial charge in [0.05, 0.1) is 5.54 Å². The van der Waals surface area contributed by atoms with Gasteiger partial charge in [-0.1, -0.05) is 73.7 Å². The van der Waals surface area contributed by atoms with Crippen LogP contribution in [0, 0.1) is 0 Å². The number of nitrogens with zero attached hydrogens (tertiary/aromatic N) is 3. The lowest BCUT2D eigenvalue weighted by atomic mass is 9.82. The molecule has 5 rings (SSSR count). The zero-order valence-electron chi connectivity index (χ0n) is 17.6. The van der Waals surface area contributed by atoms with E-state index < -0.39 is 0 Å². The van der Waals surface area contributed by atoms with E-state index in [-0.39, 0.29) is 5.54 Å². The van der Waals surface area contributed by atoms with Gasteiger partial charge in [0.1, 0.15) is 5.82 Å². The minimum Gasteiger partial charge on any atom is -0.367 e. The van der Waals surface area contributed by atoms with E-state index in [9.17, 15) is 4.79 Å². The van der Waals surface area contributed by atoms with E-state index in [2.05, 4.69) is 94.5 Å². The molecule has 156 valence electrons. The Morgan fingerprint density at radius 1 is 1.00 bits per heavy atom. The third-order valence-corrected chi connectivity index (χ3v) is 7.21. The molecule has 31 heavy (non-hydrogen) atoms. The zero-order chi connectivity index (χ0) is 21.3. The molecular formula is C26H25N3OS. The average molecular weight is 428 g/mol. The summed E-state index contributed by atoms with van der Waals surface area (Å²) in [7, 11) is 0. The maximum atomic E-state index is 11.3. The maximum absolute atomic E-state index is 11.3. The van der Waals surface area contributed by atoms with Gasteiger partial charge in [-0.05, 0) is 23.4 Å². The van der Waals surface area contributed by atoms with Gasteiger partial charge in [-0.3, -0.25) is 4.79 Å². The molecule has 1 unspecified atom stereocenters. The monoisotopic (exact) mass is 427 g/mol. The van der Waals surface area contributed by atoms with Crippen LogP contribution in [-0.2, 0) is 5.54 Å². The molecule has 0 aliphatic carbocycles. The number of benzene rings is 3. The molecule has 1 aromatic heterocycles. The largest absolute Gasteiger partial charge is 0.367 e. The number of aromatic nitrogens is 1. The predicted molar refractivity (Wildman–Crippen MR) is 129 cm³/mol. The highest BCUT2D eigenvalue weighted by Crippen LogP contribution is 2.41. The van der Waals surface area contributed by atoms with Gasteiger partial charge in [-0.15, -0.1) is 11.3 Å². The van der Waals surface area contributed by atoms with E-state index in [0.29, 0.717) is 5.01 Å². The Morgan fingerprint density at radius 2 is 1.77 bits per heavy atom. The fourth-order valence-electron chi connectivity index (χ4n) is 4.90. The lowest BCUT2D eigenvalue weighted by molar-refractivity contribution is 0.112. The van der Waals surface area contributed by atoms with Crippen LogP contribution in [0.2, 0.25) is 0 Å². The fraction of sp³-hybridized carbons (Fsp3) is 0.231. The zero-order valence-corrected chi connectivity index (χ0v) is 18.4. The van der Waals surface area contributed by atoms with Crippen molar-refractivity contribution in [3.63, 3.8) is 0 Å². The Balaban J connectivity index is 1.62. The van der Waals surface area contributed by atoms with Crippen molar-refractivity contribution in [1.29, 1.82) is 0 Å². The first-order valence-electron chi connectivity index (χ1n) is 10.7. The first-order valence-corrected chi connectivity index (χ1v) is 11.6. The number of thiazole rings is 1. The summed E-state index contributed by atoms with van der Waals surface area (Å²) < 4.78 is 0. The summed E-state index contributed by atoms with van der Waals surface area (Å²) in [4.78, 5) is 20.8. The molecule has 0 N–H and O–H groups in total. The van der Waals surface area contributed by atoms with Crippen molar-refractivity contribution in [1.82, 2.24) is 4.98 Å². The highest BCUT2D eigenvalue weighted by atomic mass is 32.1. The molecule has 1 aliphatic rings. The molecule has 1 saturated heterocycles. The summed E-state index contributed by atoms with van der Waals surface area (Å²) in [6.45, 7) is 4.85. The summed E-state index contributed by atoms with van der Waals surface area (Å²) in [6, 6.07) is 25.9. The van der Waals surface area contributed by atoms with Gasteiger partial charge in [0, 0.05) is 36.1 Å². The third-order valence-electron chi connectivity index (χ3n) is 6.45. The molecule has 0 bridgehead atoms. The number of hydrogen-bond donors (Lipinski definition) is 0. The van der Waals surface area contributed by atoms with E-state index in [4.69, 9.17) is 0 Å². The van der Waals surface area contributed by atoms with E-state index in [1.165, 1.54) is 33.4 Å². The average Bonchev–Trinajstić information content (AvgIpc) is 3.33. The lowest BCUT2D eigenvalue weighted by Crippen LogP contribution is -2.60. The maximum Gasteiger partial charge on any atom is 0.178 e. The topological polar surface area (TPSA) is 36.4 Å². The molecule has 2 heterocycles. The normalized spacial score (nSPS) is 19.0. The summed E-state index contributed by atoms with van der Waals surface area (Å²) in [5.74, 6) is 0.898. The number of fused-ring (bicyclic) bond motifs is 1. The summed E-state index contributed by atoms with van der Waals surface area (Å²) in [6.07, 6.45) is 1.78. The van der Waals surface area contributed by atoms with Crippen molar-refractivity contribution >= 4 is 39.9 Å². The molecule has 4 nitrogen and oxygen atoms in total. The van der Waals surface area contributed by atoms with E-state index in [1.807, 2.05) is 5.38 Å². The second-order valence-electron chi connectivity index (χ2n) is 7.98. The molecule has 0 amide bonds. The smallest absolute Gasteiger partial charge is 0.178 e. The predicted octanol–water partition coefficient (Wildman–Crippen LogP) is 5.74. The van der Waals surface area contributed by atoms with E-state index in [0.717, 1.165) is 38.2 Å². The first-order chi connectivity index (χ1) is 15.2. The first kappa shape index (κ1) is 19.8. The van der Waals surface area contributed by atoms with Crippen LogP contribution in [0.1, 0.15) is 28.7 Å². The summed E-state index contributed by atoms with van der Waals surface area (Å²) in [5.41, 5.74) is 2.33. The molecule has 4 aromatic rings. The highest BCUT2D eigenvalue weighted by Gasteiger charge is 2.43.